The Bertz CT molecular complexity index is 437. The molecule has 0 bridgehead atoms. The normalized spacial score (nSPS) is 9.18. The van der Waals surface area contributed by atoms with Crippen molar-refractivity contribution in [2.45, 2.75) is 0 Å². The average molecular weight is 231 g/mol. The summed E-state index contributed by atoms with van der Waals surface area (Å²) in [5.41, 5.74) is 0.437. The van der Waals surface area contributed by atoms with E-state index in [0.29, 0.717) is 5.56 Å². The Labute approximate surface area is 99.6 Å². The van der Waals surface area contributed by atoms with Crippen LogP contribution in [-0.2, 0) is 4.74 Å². The first-order valence-electron chi connectivity index (χ1n) is 4.98. The lowest BCUT2D eigenvalue weighted by molar-refractivity contribution is 0.102. The maximum absolute atomic E-state index is 11.8. The Balaban J connectivity index is 2.56. The number of nitrogens with one attached hydrogen (secondary N) is 1. The number of hydrogen-bond acceptors (Lipinski definition) is 3. The van der Waals surface area contributed by atoms with Gasteiger partial charge < -0.3 is 4.74 Å². The van der Waals surface area contributed by atoms with Gasteiger partial charge in [0, 0.05) is 5.56 Å². The van der Waals surface area contributed by atoms with Gasteiger partial charge in [-0.3, -0.25) is 10.1 Å². The van der Waals surface area contributed by atoms with Crippen LogP contribution >= 0.6 is 0 Å². The van der Waals surface area contributed by atoms with Crippen molar-refractivity contribution in [2.24, 2.45) is 0 Å². The zero-order valence-corrected chi connectivity index (χ0v) is 9.31. The van der Waals surface area contributed by atoms with Crippen LogP contribution < -0.4 is 5.32 Å². The van der Waals surface area contributed by atoms with Gasteiger partial charge in [-0.25, -0.2) is 4.79 Å². The molecule has 4 nitrogen and oxygen atoms in total. The number of alkyl carbamates (subject to hydrolysis) is 1. The summed E-state index contributed by atoms with van der Waals surface area (Å²) in [4.78, 5) is 22.9. The Kier molecular flexibility index (Phi) is 4.69. The van der Waals surface area contributed by atoms with Crippen molar-refractivity contribution in [1.29, 1.82) is 0 Å². The minimum Gasteiger partial charge on any atom is -0.445 e. The smallest absolute Gasteiger partial charge is 0.412 e. The summed E-state index contributed by atoms with van der Waals surface area (Å²) in [6.45, 7) is 6.97. The summed E-state index contributed by atoms with van der Waals surface area (Å²) in [5.74, 6) is -0.346. The number of ether oxygens (including phenoxy) is 1. The highest BCUT2D eigenvalue weighted by Gasteiger charge is 2.12. The number of hydrogen-bond donors (Lipinski definition) is 1. The van der Waals surface area contributed by atoms with E-state index in [0.717, 1.165) is 0 Å². The zero-order chi connectivity index (χ0) is 12.7. The zero-order valence-electron chi connectivity index (χ0n) is 9.31. The van der Waals surface area contributed by atoms with Gasteiger partial charge in [0.2, 0.25) is 5.78 Å². The molecule has 0 radical (unpaired) electrons. The van der Waals surface area contributed by atoms with Crippen molar-refractivity contribution in [3.63, 3.8) is 0 Å². The quantitative estimate of drug-likeness (QED) is 0.480. The third-order valence-electron chi connectivity index (χ3n) is 1.90. The van der Waals surface area contributed by atoms with Crippen LogP contribution in [0.2, 0.25) is 0 Å². The molecule has 0 aliphatic heterocycles. The predicted octanol–water partition coefficient (Wildman–Crippen LogP) is 2.30. The van der Waals surface area contributed by atoms with Gasteiger partial charge in [-0.2, -0.15) is 0 Å². The maximum atomic E-state index is 11.8. The summed E-state index contributed by atoms with van der Waals surface area (Å²) in [6, 6.07) is 8.55. The minimum absolute atomic E-state index is 0.0229. The summed E-state index contributed by atoms with van der Waals surface area (Å²) < 4.78 is 4.67. The van der Waals surface area contributed by atoms with Gasteiger partial charge in [0.1, 0.15) is 6.61 Å². The number of benzene rings is 1. The Morgan fingerprint density at radius 1 is 1.29 bits per heavy atom. The monoisotopic (exact) mass is 231 g/mol. The standard InChI is InChI=1S/C13H13NO3/c1-3-9-17-13(16)14-10(2)12(15)11-7-5-4-6-8-11/h3-8H,1-2,9H2,(H,14,16). The van der Waals surface area contributed by atoms with Crippen LogP contribution in [0.5, 0.6) is 0 Å². The second kappa shape index (κ2) is 6.27. The Morgan fingerprint density at radius 2 is 1.94 bits per heavy atom. The van der Waals surface area contributed by atoms with Gasteiger partial charge in [0.25, 0.3) is 0 Å². The molecule has 0 atom stereocenters. The van der Waals surface area contributed by atoms with Crippen LogP contribution in [0.3, 0.4) is 0 Å². The van der Waals surface area contributed by atoms with E-state index < -0.39 is 6.09 Å². The largest absolute Gasteiger partial charge is 0.445 e. The van der Waals surface area contributed by atoms with Gasteiger partial charge in [-0.05, 0) is 0 Å². The van der Waals surface area contributed by atoms with E-state index in [-0.39, 0.29) is 18.1 Å². The summed E-state index contributed by atoms with van der Waals surface area (Å²) >= 11 is 0. The molecule has 17 heavy (non-hydrogen) atoms. The molecule has 1 amide bonds. The molecule has 0 saturated heterocycles. The first-order chi connectivity index (χ1) is 8.15. The fourth-order valence-corrected chi connectivity index (χ4v) is 1.11. The first kappa shape index (κ1) is 12.7. The van der Waals surface area contributed by atoms with Crippen LogP contribution in [0, 0.1) is 0 Å². The molecule has 1 aromatic carbocycles. The number of allylic oxidation sites excluding steroid dienone is 1. The number of carbonyl (C=O) groups is 2. The number of Topliss-reactive ketones (excluding diaryl/α,β-unsaturated/α-hetero) is 1. The van der Waals surface area contributed by atoms with Crippen LogP contribution in [0.25, 0.3) is 0 Å². The topological polar surface area (TPSA) is 55.4 Å². The van der Waals surface area contributed by atoms with E-state index in [2.05, 4.69) is 23.2 Å². The first-order valence-corrected chi connectivity index (χ1v) is 4.98. The molecular formula is C13H13NO3. The van der Waals surface area contributed by atoms with Crippen molar-refractivity contribution >= 4 is 11.9 Å². The molecule has 0 fully saturated rings. The number of ketones is 1. The van der Waals surface area contributed by atoms with Crippen LogP contribution in [-0.4, -0.2) is 18.5 Å². The molecule has 1 rings (SSSR count). The maximum Gasteiger partial charge on any atom is 0.412 e. The molecule has 88 valence electrons. The highest BCUT2D eigenvalue weighted by molar-refractivity contribution is 6.09. The van der Waals surface area contributed by atoms with Gasteiger partial charge in [0.05, 0.1) is 5.70 Å². The minimum atomic E-state index is -0.723. The molecule has 0 unspecified atom stereocenters. The number of carbonyl (C=O) groups excluding carboxylic acids is 2. The van der Waals surface area contributed by atoms with Gasteiger partial charge in [-0.1, -0.05) is 49.6 Å². The van der Waals surface area contributed by atoms with E-state index in [1.807, 2.05) is 0 Å². The predicted molar refractivity (Wildman–Crippen MR) is 64.6 cm³/mol. The van der Waals surface area contributed by atoms with Crippen molar-refractivity contribution in [1.82, 2.24) is 5.32 Å². The third-order valence-corrected chi connectivity index (χ3v) is 1.90. The lowest BCUT2D eigenvalue weighted by Crippen LogP contribution is -2.27. The summed E-state index contributed by atoms with van der Waals surface area (Å²) in [6.07, 6.45) is 0.709. The fraction of sp³-hybridized carbons (Fsp3) is 0.0769. The second-order valence-electron chi connectivity index (χ2n) is 3.19. The molecule has 0 aliphatic rings. The van der Waals surface area contributed by atoms with E-state index in [4.69, 9.17) is 0 Å². The molecule has 1 aromatic rings. The number of rotatable bonds is 5. The second-order valence-corrected chi connectivity index (χ2v) is 3.19. The number of amides is 1. The summed E-state index contributed by atoms with van der Waals surface area (Å²) in [5, 5.41) is 2.26. The SMILES string of the molecule is C=CCOC(=O)NC(=C)C(=O)c1ccccc1. The van der Waals surface area contributed by atoms with Gasteiger partial charge in [-0.15, -0.1) is 0 Å². The van der Waals surface area contributed by atoms with Gasteiger partial charge in [0.15, 0.2) is 0 Å². The Morgan fingerprint density at radius 3 is 2.53 bits per heavy atom. The van der Waals surface area contributed by atoms with Crippen molar-refractivity contribution in [3.8, 4) is 0 Å². The average Bonchev–Trinajstić information content (AvgIpc) is 2.36. The third kappa shape index (κ3) is 3.95. The van der Waals surface area contributed by atoms with E-state index in [1.165, 1.54) is 6.08 Å². The molecule has 0 aromatic heterocycles. The molecule has 0 saturated carbocycles. The van der Waals surface area contributed by atoms with E-state index in [1.54, 1.807) is 30.3 Å². The lowest BCUT2D eigenvalue weighted by atomic mass is 10.1. The molecule has 0 aliphatic carbocycles. The van der Waals surface area contributed by atoms with Crippen molar-refractivity contribution < 1.29 is 14.3 Å². The summed E-state index contributed by atoms with van der Waals surface area (Å²) in [7, 11) is 0. The highest BCUT2D eigenvalue weighted by atomic mass is 16.5. The Hall–Kier alpha value is -2.36. The van der Waals surface area contributed by atoms with Crippen LogP contribution in [0.4, 0.5) is 4.79 Å². The molecule has 4 heteroatoms. The fourth-order valence-electron chi connectivity index (χ4n) is 1.11. The molecular weight excluding hydrogens is 218 g/mol. The highest BCUT2D eigenvalue weighted by Crippen LogP contribution is 2.04. The van der Waals surface area contributed by atoms with Crippen molar-refractivity contribution in [2.75, 3.05) is 6.61 Å². The van der Waals surface area contributed by atoms with Crippen molar-refractivity contribution in [3.05, 3.63) is 60.8 Å². The van der Waals surface area contributed by atoms with Crippen LogP contribution in [0.15, 0.2) is 55.3 Å². The lowest BCUT2D eigenvalue weighted by Gasteiger charge is -2.07. The molecule has 0 spiro atoms. The van der Waals surface area contributed by atoms with E-state index >= 15 is 0 Å². The molecule has 1 N–H and O–H groups in total. The van der Waals surface area contributed by atoms with Gasteiger partial charge >= 0.3 is 6.09 Å². The molecule has 0 heterocycles. The van der Waals surface area contributed by atoms with Crippen LogP contribution in [0.1, 0.15) is 10.4 Å². The van der Waals surface area contributed by atoms with E-state index in [9.17, 15) is 9.59 Å².